The van der Waals surface area contributed by atoms with Gasteiger partial charge in [-0.3, -0.25) is 9.59 Å². The summed E-state index contributed by atoms with van der Waals surface area (Å²) >= 11 is 3.05. The lowest BCUT2D eigenvalue weighted by molar-refractivity contribution is -0.137. The third-order valence-corrected chi connectivity index (χ3v) is 5.88. The average Bonchev–Trinajstić information content (AvgIpc) is 3.08. The van der Waals surface area contributed by atoms with E-state index in [1.807, 2.05) is 30.3 Å². The molecule has 1 aromatic heterocycles. The SMILES string of the molecule is COC(=O)CSCCC(=O)Nc1ccc(-c2nc3ccc(C)cc3s2)cc1. The molecule has 0 saturated heterocycles. The molecule has 0 bridgehead atoms. The van der Waals surface area contributed by atoms with Crippen LogP contribution in [0.5, 0.6) is 0 Å². The smallest absolute Gasteiger partial charge is 0.315 e. The number of ether oxygens (including phenoxy) is 1. The van der Waals surface area contributed by atoms with Gasteiger partial charge in [0.05, 0.1) is 23.1 Å². The molecule has 0 aliphatic carbocycles. The maximum atomic E-state index is 12.0. The lowest BCUT2D eigenvalue weighted by Crippen LogP contribution is -2.13. The minimum Gasteiger partial charge on any atom is -0.468 e. The largest absolute Gasteiger partial charge is 0.468 e. The molecule has 0 aliphatic heterocycles. The van der Waals surface area contributed by atoms with Crippen molar-refractivity contribution in [1.82, 2.24) is 4.98 Å². The number of carbonyl (C=O) groups is 2. The fourth-order valence-corrected chi connectivity index (χ4v) is 4.28. The van der Waals surface area contributed by atoms with E-state index in [-0.39, 0.29) is 17.6 Å². The predicted octanol–water partition coefficient (Wildman–Crippen LogP) is 4.51. The van der Waals surface area contributed by atoms with Crippen LogP contribution in [-0.4, -0.2) is 35.5 Å². The quantitative estimate of drug-likeness (QED) is 0.467. The summed E-state index contributed by atoms with van der Waals surface area (Å²) in [6.45, 7) is 2.07. The zero-order valence-corrected chi connectivity index (χ0v) is 16.8. The van der Waals surface area contributed by atoms with Crippen molar-refractivity contribution >= 4 is 50.9 Å². The number of aryl methyl sites for hydroxylation is 1. The van der Waals surface area contributed by atoms with Gasteiger partial charge in [-0.25, -0.2) is 4.98 Å². The Morgan fingerprint density at radius 3 is 2.70 bits per heavy atom. The monoisotopic (exact) mass is 400 g/mol. The van der Waals surface area contributed by atoms with E-state index in [1.54, 1.807) is 11.3 Å². The number of anilines is 1. The zero-order chi connectivity index (χ0) is 19.2. The molecular formula is C20H20N2O3S2. The van der Waals surface area contributed by atoms with E-state index >= 15 is 0 Å². The van der Waals surface area contributed by atoms with Gasteiger partial charge in [0.15, 0.2) is 0 Å². The highest BCUT2D eigenvalue weighted by molar-refractivity contribution is 7.99. The van der Waals surface area contributed by atoms with Crippen LogP contribution in [0, 0.1) is 6.92 Å². The molecule has 3 aromatic rings. The second kappa shape index (κ2) is 9.01. The Morgan fingerprint density at radius 1 is 1.19 bits per heavy atom. The summed E-state index contributed by atoms with van der Waals surface area (Å²) in [4.78, 5) is 27.7. The molecular weight excluding hydrogens is 380 g/mol. The van der Waals surface area contributed by atoms with Crippen molar-refractivity contribution in [2.75, 3.05) is 23.9 Å². The lowest BCUT2D eigenvalue weighted by atomic mass is 10.2. The molecule has 0 fully saturated rings. The summed E-state index contributed by atoms with van der Waals surface area (Å²) in [5, 5.41) is 3.84. The molecule has 7 heteroatoms. The fraction of sp³-hybridized carbons (Fsp3) is 0.250. The first-order chi connectivity index (χ1) is 13.0. The van der Waals surface area contributed by atoms with Crippen molar-refractivity contribution in [1.29, 1.82) is 0 Å². The molecule has 1 amide bonds. The standard InChI is InChI=1S/C20H20N2O3S2/c1-13-3-8-16-17(11-13)27-20(22-16)14-4-6-15(7-5-14)21-18(23)9-10-26-12-19(24)25-2/h3-8,11H,9-10,12H2,1-2H3,(H,21,23). The Bertz CT molecular complexity index is 952. The van der Waals surface area contributed by atoms with Gasteiger partial charge in [0.1, 0.15) is 5.01 Å². The van der Waals surface area contributed by atoms with Crippen LogP contribution in [0.2, 0.25) is 0 Å². The number of hydrogen-bond donors (Lipinski definition) is 1. The van der Waals surface area contributed by atoms with Gasteiger partial charge >= 0.3 is 5.97 Å². The Balaban J connectivity index is 1.56. The highest BCUT2D eigenvalue weighted by Crippen LogP contribution is 2.31. The van der Waals surface area contributed by atoms with Gasteiger partial charge in [-0.1, -0.05) is 6.07 Å². The summed E-state index contributed by atoms with van der Waals surface area (Å²) < 4.78 is 5.73. The number of nitrogens with one attached hydrogen (secondary N) is 1. The molecule has 0 aliphatic rings. The van der Waals surface area contributed by atoms with Crippen molar-refractivity contribution in [3.8, 4) is 10.6 Å². The number of benzene rings is 2. The predicted molar refractivity (Wildman–Crippen MR) is 112 cm³/mol. The molecule has 2 aromatic carbocycles. The van der Waals surface area contributed by atoms with E-state index in [4.69, 9.17) is 0 Å². The number of methoxy groups -OCH3 is 1. The van der Waals surface area contributed by atoms with Gasteiger partial charge in [-0.2, -0.15) is 0 Å². The average molecular weight is 401 g/mol. The van der Waals surface area contributed by atoms with E-state index in [0.717, 1.165) is 21.8 Å². The van der Waals surface area contributed by atoms with Gasteiger partial charge < -0.3 is 10.1 Å². The van der Waals surface area contributed by atoms with Gasteiger partial charge in [-0.05, 0) is 48.9 Å². The number of nitrogens with zero attached hydrogens (tertiary/aromatic N) is 1. The summed E-state index contributed by atoms with van der Waals surface area (Å²) in [7, 11) is 1.36. The minimum absolute atomic E-state index is 0.0735. The van der Waals surface area contributed by atoms with E-state index in [1.165, 1.54) is 29.1 Å². The zero-order valence-electron chi connectivity index (χ0n) is 15.2. The molecule has 140 valence electrons. The van der Waals surface area contributed by atoms with Crippen LogP contribution >= 0.6 is 23.1 Å². The number of rotatable bonds is 7. The van der Waals surface area contributed by atoms with Crippen LogP contribution in [0.4, 0.5) is 5.69 Å². The van der Waals surface area contributed by atoms with Crippen molar-refractivity contribution in [3.63, 3.8) is 0 Å². The second-order valence-electron chi connectivity index (χ2n) is 5.99. The van der Waals surface area contributed by atoms with Crippen molar-refractivity contribution in [2.24, 2.45) is 0 Å². The molecule has 0 spiro atoms. The van der Waals surface area contributed by atoms with Crippen molar-refractivity contribution in [2.45, 2.75) is 13.3 Å². The molecule has 3 rings (SSSR count). The number of thiazole rings is 1. The Labute approximate surface area is 166 Å². The number of hydrogen-bond acceptors (Lipinski definition) is 6. The summed E-state index contributed by atoms with van der Waals surface area (Å²) in [5.41, 5.74) is 4.00. The number of fused-ring (bicyclic) bond motifs is 1. The fourth-order valence-electron chi connectivity index (χ4n) is 2.45. The minimum atomic E-state index is -0.277. The van der Waals surface area contributed by atoms with Gasteiger partial charge in [0.25, 0.3) is 0 Å². The molecule has 0 atom stereocenters. The van der Waals surface area contributed by atoms with E-state index < -0.39 is 0 Å². The van der Waals surface area contributed by atoms with Crippen molar-refractivity contribution in [3.05, 3.63) is 48.0 Å². The number of carbonyl (C=O) groups excluding carboxylic acids is 2. The number of aromatic nitrogens is 1. The topological polar surface area (TPSA) is 68.3 Å². The first-order valence-corrected chi connectivity index (χ1v) is 10.4. The van der Waals surface area contributed by atoms with Crippen LogP contribution in [0.1, 0.15) is 12.0 Å². The Hall–Kier alpha value is -2.38. The highest BCUT2D eigenvalue weighted by Gasteiger charge is 2.08. The van der Waals surface area contributed by atoms with Crippen LogP contribution in [0.3, 0.4) is 0 Å². The molecule has 1 heterocycles. The molecule has 0 saturated carbocycles. The number of esters is 1. The summed E-state index contributed by atoms with van der Waals surface area (Å²) in [5.74, 6) is 0.487. The van der Waals surface area contributed by atoms with Crippen LogP contribution in [-0.2, 0) is 14.3 Å². The molecule has 27 heavy (non-hydrogen) atoms. The van der Waals surface area contributed by atoms with Crippen LogP contribution in [0.15, 0.2) is 42.5 Å². The molecule has 5 nitrogen and oxygen atoms in total. The van der Waals surface area contributed by atoms with E-state index in [2.05, 4.69) is 34.1 Å². The maximum absolute atomic E-state index is 12.0. The molecule has 0 radical (unpaired) electrons. The van der Waals surface area contributed by atoms with Gasteiger partial charge in [0, 0.05) is 23.4 Å². The maximum Gasteiger partial charge on any atom is 0.315 e. The summed E-state index contributed by atoms with van der Waals surface area (Å²) in [6, 6.07) is 13.9. The van der Waals surface area contributed by atoms with E-state index in [0.29, 0.717) is 12.2 Å². The molecule has 0 unspecified atom stereocenters. The number of amides is 1. The first kappa shape index (κ1) is 19.4. The van der Waals surface area contributed by atoms with E-state index in [9.17, 15) is 9.59 Å². The first-order valence-electron chi connectivity index (χ1n) is 8.47. The van der Waals surface area contributed by atoms with Gasteiger partial charge in [-0.15, -0.1) is 23.1 Å². The number of thioether (sulfide) groups is 1. The molecule has 1 N–H and O–H groups in total. The van der Waals surface area contributed by atoms with Crippen LogP contribution in [0.25, 0.3) is 20.8 Å². The summed E-state index contributed by atoms with van der Waals surface area (Å²) in [6.07, 6.45) is 0.348. The third kappa shape index (κ3) is 5.30. The van der Waals surface area contributed by atoms with Gasteiger partial charge in [0.2, 0.25) is 5.91 Å². The van der Waals surface area contributed by atoms with Crippen LogP contribution < -0.4 is 5.32 Å². The van der Waals surface area contributed by atoms with Crippen molar-refractivity contribution < 1.29 is 14.3 Å². The Morgan fingerprint density at radius 2 is 1.96 bits per heavy atom. The highest BCUT2D eigenvalue weighted by atomic mass is 32.2. The third-order valence-electron chi connectivity index (χ3n) is 3.88. The second-order valence-corrected chi connectivity index (χ2v) is 8.13. The lowest BCUT2D eigenvalue weighted by Gasteiger charge is -2.06. The normalized spacial score (nSPS) is 10.7. The Kier molecular flexibility index (Phi) is 6.47.